The van der Waals surface area contributed by atoms with Crippen LogP contribution in [0.4, 0.5) is 0 Å². The largest absolute Gasteiger partial charge is 0.475 e. The quantitative estimate of drug-likeness (QED) is 0.857. The van der Waals surface area contributed by atoms with Crippen LogP contribution in [0.1, 0.15) is 19.0 Å². The molecule has 0 saturated heterocycles. The topological polar surface area (TPSA) is 68.1 Å². The Morgan fingerprint density at radius 3 is 2.58 bits per heavy atom. The van der Waals surface area contributed by atoms with Gasteiger partial charge in [-0.2, -0.15) is 0 Å². The first-order chi connectivity index (χ1) is 9.33. The second kappa shape index (κ2) is 6.80. The van der Waals surface area contributed by atoms with E-state index in [-0.39, 0.29) is 13.2 Å². The lowest BCUT2D eigenvalue weighted by molar-refractivity contribution is 0.196. The fourth-order valence-electron chi connectivity index (χ4n) is 1.66. The summed E-state index contributed by atoms with van der Waals surface area (Å²) in [4.78, 5) is 12.9. The number of aliphatic hydroxyl groups is 1. The molecule has 0 unspecified atom stereocenters. The van der Waals surface area contributed by atoms with E-state index in [0.29, 0.717) is 5.88 Å². The maximum atomic E-state index is 8.66. The highest BCUT2D eigenvalue weighted by Gasteiger charge is 2.02. The van der Waals surface area contributed by atoms with Gasteiger partial charge in [-0.15, -0.1) is 0 Å². The van der Waals surface area contributed by atoms with Gasteiger partial charge in [-0.1, -0.05) is 13.3 Å². The molecule has 0 radical (unpaired) electrons. The van der Waals surface area contributed by atoms with Gasteiger partial charge in [0.05, 0.1) is 24.2 Å². The number of ether oxygens (including phenoxy) is 1. The summed E-state index contributed by atoms with van der Waals surface area (Å²) in [5.41, 5.74) is 2.69. The van der Waals surface area contributed by atoms with E-state index in [2.05, 4.69) is 21.9 Å². The molecule has 2 aromatic rings. The van der Waals surface area contributed by atoms with Crippen molar-refractivity contribution in [3.05, 3.63) is 36.4 Å². The smallest absolute Gasteiger partial charge is 0.213 e. The Balaban J connectivity index is 2.08. The van der Waals surface area contributed by atoms with Crippen LogP contribution in [-0.4, -0.2) is 33.3 Å². The average Bonchev–Trinajstić information content (AvgIpc) is 2.47. The maximum absolute atomic E-state index is 8.66. The fraction of sp³-hybridized carbons (Fsp3) is 0.357. The van der Waals surface area contributed by atoms with Crippen molar-refractivity contribution in [1.82, 2.24) is 15.0 Å². The van der Waals surface area contributed by atoms with Gasteiger partial charge >= 0.3 is 0 Å². The normalized spacial score (nSPS) is 10.4. The molecule has 2 rings (SSSR count). The van der Waals surface area contributed by atoms with Gasteiger partial charge in [-0.25, -0.2) is 4.98 Å². The summed E-state index contributed by atoms with van der Waals surface area (Å²) < 4.78 is 5.20. The number of hydrogen-bond donors (Lipinski definition) is 1. The van der Waals surface area contributed by atoms with E-state index >= 15 is 0 Å². The molecule has 0 spiro atoms. The lowest BCUT2D eigenvalue weighted by Crippen LogP contribution is -2.02. The summed E-state index contributed by atoms with van der Waals surface area (Å²) in [5.74, 6) is 0.494. The van der Waals surface area contributed by atoms with Crippen molar-refractivity contribution in [3.63, 3.8) is 0 Å². The minimum absolute atomic E-state index is 0.0200. The van der Waals surface area contributed by atoms with E-state index in [1.807, 2.05) is 6.07 Å². The van der Waals surface area contributed by atoms with E-state index in [1.165, 1.54) is 0 Å². The van der Waals surface area contributed by atoms with Crippen LogP contribution in [-0.2, 0) is 6.42 Å². The molecule has 100 valence electrons. The molecule has 19 heavy (non-hydrogen) atoms. The molecule has 0 aliphatic heterocycles. The van der Waals surface area contributed by atoms with Crippen molar-refractivity contribution in [2.45, 2.75) is 19.8 Å². The molecular formula is C14H17N3O2. The van der Waals surface area contributed by atoms with Gasteiger partial charge in [0.1, 0.15) is 6.61 Å². The van der Waals surface area contributed by atoms with Crippen molar-refractivity contribution in [2.75, 3.05) is 13.2 Å². The van der Waals surface area contributed by atoms with Gasteiger partial charge in [0.2, 0.25) is 5.88 Å². The number of aromatic nitrogens is 3. The third-order valence-electron chi connectivity index (χ3n) is 2.58. The monoisotopic (exact) mass is 259 g/mol. The van der Waals surface area contributed by atoms with Gasteiger partial charge in [-0.3, -0.25) is 9.97 Å². The Labute approximate surface area is 112 Å². The summed E-state index contributed by atoms with van der Waals surface area (Å²) in [6.07, 6.45) is 7.26. The molecule has 5 nitrogen and oxygen atoms in total. The van der Waals surface area contributed by atoms with Crippen LogP contribution in [0.2, 0.25) is 0 Å². The first-order valence-corrected chi connectivity index (χ1v) is 6.34. The van der Waals surface area contributed by atoms with Crippen molar-refractivity contribution in [2.24, 2.45) is 0 Å². The van der Waals surface area contributed by atoms with Crippen LogP contribution in [0.15, 0.2) is 30.7 Å². The number of rotatable bonds is 6. The Morgan fingerprint density at radius 1 is 1.11 bits per heavy atom. The zero-order valence-electron chi connectivity index (χ0n) is 10.9. The molecule has 0 amide bonds. The Hall–Kier alpha value is -2.01. The molecule has 0 aliphatic rings. The van der Waals surface area contributed by atoms with Crippen LogP contribution in [0, 0.1) is 0 Å². The predicted molar refractivity (Wildman–Crippen MR) is 71.8 cm³/mol. The zero-order valence-corrected chi connectivity index (χ0v) is 10.9. The highest BCUT2D eigenvalue weighted by atomic mass is 16.5. The molecule has 0 aromatic carbocycles. The molecule has 0 atom stereocenters. The molecule has 1 N–H and O–H groups in total. The van der Waals surface area contributed by atoms with E-state index in [0.717, 1.165) is 29.8 Å². The highest BCUT2D eigenvalue weighted by Crippen LogP contribution is 2.17. The Kier molecular flexibility index (Phi) is 4.80. The highest BCUT2D eigenvalue weighted by molar-refractivity contribution is 5.56. The van der Waals surface area contributed by atoms with Crippen LogP contribution in [0.5, 0.6) is 5.88 Å². The number of pyridine rings is 1. The SMILES string of the molecule is CCCc1cnc(-c2ccc(OCCO)nc2)cn1. The van der Waals surface area contributed by atoms with Gasteiger partial charge < -0.3 is 9.84 Å². The predicted octanol–water partition coefficient (Wildman–Crippen LogP) is 1.86. The molecule has 0 saturated carbocycles. The Bertz CT molecular complexity index is 497. The third-order valence-corrected chi connectivity index (χ3v) is 2.58. The van der Waals surface area contributed by atoms with E-state index in [1.54, 1.807) is 24.7 Å². The van der Waals surface area contributed by atoms with E-state index in [4.69, 9.17) is 9.84 Å². The number of aliphatic hydroxyl groups excluding tert-OH is 1. The molecule has 0 fully saturated rings. The summed E-state index contributed by atoms with van der Waals surface area (Å²) in [7, 11) is 0. The third kappa shape index (κ3) is 3.72. The average molecular weight is 259 g/mol. The number of aryl methyl sites for hydroxylation is 1. The summed E-state index contributed by atoms with van der Waals surface area (Å²) in [5, 5.41) is 8.66. The van der Waals surface area contributed by atoms with Crippen LogP contribution in [0.3, 0.4) is 0 Å². The fourth-order valence-corrected chi connectivity index (χ4v) is 1.66. The van der Waals surface area contributed by atoms with Crippen LogP contribution < -0.4 is 4.74 Å². The summed E-state index contributed by atoms with van der Waals surface area (Å²) in [6, 6.07) is 3.63. The van der Waals surface area contributed by atoms with Gasteiger partial charge in [0, 0.05) is 24.0 Å². The second-order valence-corrected chi connectivity index (χ2v) is 4.10. The molecule has 0 aliphatic carbocycles. The van der Waals surface area contributed by atoms with Gasteiger partial charge in [0.25, 0.3) is 0 Å². The lowest BCUT2D eigenvalue weighted by atomic mass is 10.2. The van der Waals surface area contributed by atoms with Gasteiger partial charge in [-0.05, 0) is 12.5 Å². The van der Waals surface area contributed by atoms with Crippen molar-refractivity contribution in [1.29, 1.82) is 0 Å². The molecule has 2 aromatic heterocycles. The van der Waals surface area contributed by atoms with Crippen LogP contribution in [0.25, 0.3) is 11.3 Å². The minimum atomic E-state index is -0.0200. The van der Waals surface area contributed by atoms with E-state index in [9.17, 15) is 0 Å². The maximum Gasteiger partial charge on any atom is 0.213 e. The van der Waals surface area contributed by atoms with Crippen molar-refractivity contribution in [3.8, 4) is 17.1 Å². The summed E-state index contributed by atoms with van der Waals surface area (Å²) >= 11 is 0. The van der Waals surface area contributed by atoms with Crippen molar-refractivity contribution < 1.29 is 9.84 Å². The number of hydrogen-bond acceptors (Lipinski definition) is 5. The minimum Gasteiger partial charge on any atom is -0.475 e. The van der Waals surface area contributed by atoms with E-state index < -0.39 is 0 Å². The second-order valence-electron chi connectivity index (χ2n) is 4.10. The zero-order chi connectivity index (χ0) is 13.5. The standard InChI is InChI=1S/C14H17N3O2/c1-2-3-12-9-16-13(10-15-12)11-4-5-14(17-8-11)19-7-6-18/h4-5,8-10,18H,2-3,6-7H2,1H3. The van der Waals surface area contributed by atoms with Crippen molar-refractivity contribution >= 4 is 0 Å². The molecule has 0 bridgehead atoms. The lowest BCUT2D eigenvalue weighted by Gasteiger charge is -2.04. The Morgan fingerprint density at radius 2 is 2.00 bits per heavy atom. The number of nitrogens with zero attached hydrogens (tertiary/aromatic N) is 3. The first-order valence-electron chi connectivity index (χ1n) is 6.34. The molecular weight excluding hydrogens is 242 g/mol. The molecule has 5 heteroatoms. The van der Waals surface area contributed by atoms with Gasteiger partial charge in [0.15, 0.2) is 0 Å². The molecule has 2 heterocycles. The van der Waals surface area contributed by atoms with Crippen LogP contribution >= 0.6 is 0 Å². The summed E-state index contributed by atoms with van der Waals surface area (Å²) in [6.45, 7) is 2.34. The first kappa shape index (κ1) is 13.4.